The molecule has 0 aromatic heterocycles. The summed E-state index contributed by atoms with van der Waals surface area (Å²) in [5.41, 5.74) is -1.60. The Labute approximate surface area is 116 Å². The molecule has 2 rings (SSSR count). The van der Waals surface area contributed by atoms with Crippen LogP contribution < -0.4 is 0 Å². The quantitative estimate of drug-likeness (QED) is 0.570. The summed E-state index contributed by atoms with van der Waals surface area (Å²) in [5.74, 6) is -0.751. The first-order valence-corrected chi connectivity index (χ1v) is 5.84. The molecule has 6 heteroatoms. The zero-order valence-corrected chi connectivity index (χ0v) is 10.6. The zero-order chi connectivity index (χ0) is 14.9. The van der Waals surface area contributed by atoms with Gasteiger partial charge < -0.3 is 0 Å². The van der Waals surface area contributed by atoms with E-state index in [1.54, 1.807) is 0 Å². The molecule has 0 radical (unpaired) electrons. The Morgan fingerprint density at radius 2 is 1.65 bits per heavy atom. The average Bonchev–Trinajstić information content (AvgIpc) is 2.37. The number of benzene rings is 2. The molecule has 0 saturated carbocycles. The van der Waals surface area contributed by atoms with E-state index < -0.39 is 22.8 Å². The third-order valence-corrected chi connectivity index (χ3v) is 2.92. The van der Waals surface area contributed by atoms with Crippen LogP contribution in [0, 0.1) is 5.82 Å². The highest BCUT2D eigenvalue weighted by Gasteiger charge is 2.34. The van der Waals surface area contributed by atoms with Gasteiger partial charge >= 0.3 is 6.18 Å². The lowest BCUT2D eigenvalue weighted by atomic mass is 9.95. The van der Waals surface area contributed by atoms with Crippen LogP contribution >= 0.6 is 11.6 Å². The molecular formula is C14H7ClF4O. The Kier molecular flexibility index (Phi) is 3.81. The van der Waals surface area contributed by atoms with Crippen molar-refractivity contribution in [2.24, 2.45) is 0 Å². The second-order valence-electron chi connectivity index (χ2n) is 4.01. The van der Waals surface area contributed by atoms with Crippen LogP contribution in [0.4, 0.5) is 17.6 Å². The van der Waals surface area contributed by atoms with E-state index in [9.17, 15) is 22.4 Å². The van der Waals surface area contributed by atoms with Crippen LogP contribution in [-0.4, -0.2) is 5.24 Å². The van der Waals surface area contributed by atoms with Gasteiger partial charge in [0.15, 0.2) is 0 Å². The Morgan fingerprint density at radius 3 is 2.25 bits per heavy atom. The maximum absolute atomic E-state index is 13.3. The number of hydrogen-bond acceptors (Lipinski definition) is 1. The maximum atomic E-state index is 13.3. The fourth-order valence-electron chi connectivity index (χ4n) is 1.88. The summed E-state index contributed by atoms with van der Waals surface area (Å²) < 4.78 is 52.2. The fraction of sp³-hybridized carbons (Fsp3) is 0.0714. The molecule has 0 unspecified atom stereocenters. The lowest BCUT2D eigenvalue weighted by molar-refractivity contribution is -0.137. The average molecular weight is 303 g/mol. The molecule has 0 bridgehead atoms. The van der Waals surface area contributed by atoms with Gasteiger partial charge in [0, 0.05) is 5.56 Å². The standard InChI is InChI=1S/C14H7ClF4O/c15-13(20)10-6-5-8(16)7-11(10)9-3-1-2-4-12(9)14(17,18)19/h1-7H. The third-order valence-electron chi connectivity index (χ3n) is 2.72. The molecule has 0 spiro atoms. The van der Waals surface area contributed by atoms with Gasteiger partial charge in [0.1, 0.15) is 5.82 Å². The van der Waals surface area contributed by atoms with Gasteiger partial charge in [-0.25, -0.2) is 4.39 Å². The van der Waals surface area contributed by atoms with Crippen LogP contribution in [0.25, 0.3) is 11.1 Å². The lowest BCUT2D eigenvalue weighted by Gasteiger charge is -2.14. The van der Waals surface area contributed by atoms with Gasteiger partial charge in [-0.1, -0.05) is 18.2 Å². The van der Waals surface area contributed by atoms with Gasteiger partial charge in [-0.05, 0) is 47.0 Å². The van der Waals surface area contributed by atoms with E-state index in [0.29, 0.717) is 0 Å². The van der Waals surface area contributed by atoms with E-state index in [-0.39, 0.29) is 16.7 Å². The first kappa shape index (κ1) is 14.5. The Bertz CT molecular complexity index is 664. The van der Waals surface area contributed by atoms with Gasteiger partial charge in [-0.15, -0.1) is 0 Å². The molecule has 0 aliphatic rings. The molecule has 20 heavy (non-hydrogen) atoms. The van der Waals surface area contributed by atoms with Gasteiger partial charge in [-0.3, -0.25) is 4.79 Å². The molecular weight excluding hydrogens is 296 g/mol. The lowest BCUT2D eigenvalue weighted by Crippen LogP contribution is -2.08. The van der Waals surface area contributed by atoms with E-state index >= 15 is 0 Å². The predicted octanol–water partition coefficient (Wildman–Crippen LogP) is 4.89. The Balaban J connectivity index is 2.75. The molecule has 0 aliphatic heterocycles. The molecule has 1 nitrogen and oxygen atoms in total. The van der Waals surface area contributed by atoms with Crippen LogP contribution in [0.2, 0.25) is 0 Å². The normalized spacial score (nSPS) is 11.4. The number of halogens is 5. The van der Waals surface area contributed by atoms with E-state index in [1.807, 2.05) is 0 Å². The van der Waals surface area contributed by atoms with Crippen LogP contribution in [0.1, 0.15) is 15.9 Å². The molecule has 0 aliphatic carbocycles. The molecule has 2 aromatic rings. The Morgan fingerprint density at radius 1 is 1.00 bits per heavy atom. The van der Waals surface area contributed by atoms with Crippen molar-refractivity contribution in [1.29, 1.82) is 0 Å². The molecule has 0 atom stereocenters. The van der Waals surface area contributed by atoms with E-state index in [0.717, 1.165) is 24.3 Å². The van der Waals surface area contributed by atoms with E-state index in [2.05, 4.69) is 0 Å². The Hall–Kier alpha value is -1.88. The number of carbonyl (C=O) groups excluding carboxylic acids is 1. The van der Waals surface area contributed by atoms with Crippen molar-refractivity contribution in [1.82, 2.24) is 0 Å². The van der Waals surface area contributed by atoms with Crippen molar-refractivity contribution >= 4 is 16.8 Å². The number of rotatable bonds is 2. The molecule has 104 valence electrons. The predicted molar refractivity (Wildman–Crippen MR) is 67.0 cm³/mol. The molecule has 0 heterocycles. The van der Waals surface area contributed by atoms with Crippen molar-refractivity contribution in [3.63, 3.8) is 0 Å². The topological polar surface area (TPSA) is 17.1 Å². The highest BCUT2D eigenvalue weighted by molar-refractivity contribution is 6.68. The molecule has 0 saturated heterocycles. The summed E-state index contributed by atoms with van der Waals surface area (Å²) >= 11 is 5.33. The van der Waals surface area contributed by atoms with Crippen molar-refractivity contribution in [2.75, 3.05) is 0 Å². The van der Waals surface area contributed by atoms with Crippen molar-refractivity contribution in [2.45, 2.75) is 6.18 Å². The van der Waals surface area contributed by atoms with Gasteiger partial charge in [-0.2, -0.15) is 13.2 Å². The minimum Gasteiger partial charge on any atom is -0.276 e. The minimum atomic E-state index is -4.62. The maximum Gasteiger partial charge on any atom is 0.417 e. The first-order chi connectivity index (χ1) is 9.30. The van der Waals surface area contributed by atoms with Crippen LogP contribution in [-0.2, 0) is 6.18 Å². The summed E-state index contributed by atoms with van der Waals surface area (Å²) in [5, 5.41) is -0.947. The number of hydrogen-bond donors (Lipinski definition) is 0. The highest BCUT2D eigenvalue weighted by Crippen LogP contribution is 2.38. The smallest absolute Gasteiger partial charge is 0.276 e. The second kappa shape index (κ2) is 5.25. The third kappa shape index (κ3) is 2.82. The summed E-state index contributed by atoms with van der Waals surface area (Å²) in [6.07, 6.45) is -4.62. The highest BCUT2D eigenvalue weighted by atomic mass is 35.5. The SMILES string of the molecule is O=C(Cl)c1ccc(F)cc1-c1ccccc1C(F)(F)F. The van der Waals surface area contributed by atoms with Crippen LogP contribution in [0.5, 0.6) is 0 Å². The summed E-state index contributed by atoms with van der Waals surface area (Å²) in [6.45, 7) is 0. The van der Waals surface area contributed by atoms with Gasteiger partial charge in [0.2, 0.25) is 0 Å². The first-order valence-electron chi connectivity index (χ1n) is 5.46. The molecule has 0 N–H and O–H groups in total. The summed E-state index contributed by atoms with van der Waals surface area (Å²) in [7, 11) is 0. The van der Waals surface area contributed by atoms with Crippen molar-refractivity contribution in [3.8, 4) is 11.1 Å². The monoisotopic (exact) mass is 302 g/mol. The van der Waals surface area contributed by atoms with Crippen LogP contribution in [0.3, 0.4) is 0 Å². The second-order valence-corrected chi connectivity index (χ2v) is 4.35. The zero-order valence-electron chi connectivity index (χ0n) is 9.84. The van der Waals surface area contributed by atoms with E-state index in [1.165, 1.54) is 18.2 Å². The van der Waals surface area contributed by atoms with Gasteiger partial charge in [0.05, 0.1) is 5.56 Å². The molecule has 2 aromatic carbocycles. The summed E-state index contributed by atoms with van der Waals surface area (Å²) in [6, 6.07) is 7.51. The van der Waals surface area contributed by atoms with Gasteiger partial charge in [0.25, 0.3) is 5.24 Å². The van der Waals surface area contributed by atoms with Crippen LogP contribution in [0.15, 0.2) is 42.5 Å². The van der Waals surface area contributed by atoms with Crippen molar-refractivity contribution in [3.05, 3.63) is 59.4 Å². The number of alkyl halides is 3. The van der Waals surface area contributed by atoms with E-state index in [4.69, 9.17) is 11.6 Å². The largest absolute Gasteiger partial charge is 0.417 e. The summed E-state index contributed by atoms with van der Waals surface area (Å²) in [4.78, 5) is 11.3. The molecule has 0 amide bonds. The number of carbonyl (C=O) groups is 1. The fourth-order valence-corrected chi connectivity index (χ4v) is 2.04. The minimum absolute atomic E-state index is 0.176. The van der Waals surface area contributed by atoms with Crippen molar-refractivity contribution < 1.29 is 22.4 Å². The molecule has 0 fully saturated rings.